The van der Waals surface area contributed by atoms with Crippen LogP contribution in [0.5, 0.6) is 0 Å². The number of carboxylic acids is 1. The van der Waals surface area contributed by atoms with Gasteiger partial charge in [-0.15, -0.1) is 0 Å². The first kappa shape index (κ1) is 7.30. The predicted molar refractivity (Wildman–Crippen MR) is 38.5 cm³/mol. The van der Waals surface area contributed by atoms with Gasteiger partial charge in [0.05, 0.1) is 0 Å². The molecule has 4 nitrogen and oxygen atoms in total. The summed E-state index contributed by atoms with van der Waals surface area (Å²) in [7, 11) is 0. The van der Waals surface area contributed by atoms with Crippen molar-refractivity contribution in [1.82, 2.24) is 4.98 Å². The minimum absolute atomic E-state index is 0.00926. The van der Waals surface area contributed by atoms with Crippen molar-refractivity contribution >= 4 is 34.7 Å². The molecular formula is C4H3ClN2O2S. The van der Waals surface area contributed by atoms with Crippen molar-refractivity contribution in [1.29, 1.82) is 0 Å². The van der Waals surface area contributed by atoms with E-state index in [4.69, 9.17) is 22.4 Å². The van der Waals surface area contributed by atoms with Gasteiger partial charge in [0.15, 0.2) is 15.2 Å². The number of aromatic nitrogens is 1. The topological polar surface area (TPSA) is 76.2 Å². The van der Waals surface area contributed by atoms with Crippen molar-refractivity contribution in [3.63, 3.8) is 0 Å². The number of nitrogen functional groups attached to an aromatic ring is 1. The molecule has 0 unspecified atom stereocenters. The van der Waals surface area contributed by atoms with Gasteiger partial charge >= 0.3 is 5.97 Å². The van der Waals surface area contributed by atoms with Gasteiger partial charge in [-0.1, -0.05) is 22.9 Å². The molecule has 0 aliphatic heterocycles. The summed E-state index contributed by atoms with van der Waals surface area (Å²) in [6.45, 7) is 0. The van der Waals surface area contributed by atoms with E-state index in [-0.39, 0.29) is 15.2 Å². The number of halogens is 1. The maximum absolute atomic E-state index is 10.3. The van der Waals surface area contributed by atoms with Crippen LogP contribution in [-0.4, -0.2) is 16.1 Å². The van der Waals surface area contributed by atoms with E-state index in [0.29, 0.717) is 0 Å². The smallest absolute Gasteiger partial charge is 0.349 e. The summed E-state index contributed by atoms with van der Waals surface area (Å²) in [6.07, 6.45) is 0. The lowest BCUT2D eigenvalue weighted by Gasteiger charge is -1.84. The minimum Gasteiger partial charge on any atom is -0.477 e. The first-order valence-electron chi connectivity index (χ1n) is 2.26. The number of nitrogens with zero attached hydrogens (tertiary/aromatic N) is 1. The second kappa shape index (κ2) is 2.43. The van der Waals surface area contributed by atoms with E-state index < -0.39 is 5.97 Å². The molecule has 0 aliphatic rings. The van der Waals surface area contributed by atoms with Crippen molar-refractivity contribution < 1.29 is 9.90 Å². The van der Waals surface area contributed by atoms with E-state index in [0.717, 1.165) is 11.3 Å². The Labute approximate surface area is 65.3 Å². The summed E-state index contributed by atoms with van der Waals surface area (Å²) in [5.41, 5.74) is 5.18. The Bertz CT molecular complexity index is 272. The SMILES string of the molecule is Nc1nc(Cl)sc1C(=O)O. The van der Waals surface area contributed by atoms with Crippen LogP contribution in [0.3, 0.4) is 0 Å². The second-order valence-corrected chi connectivity index (χ2v) is 3.07. The van der Waals surface area contributed by atoms with Gasteiger partial charge in [-0.05, 0) is 0 Å². The maximum Gasteiger partial charge on any atom is 0.349 e. The number of rotatable bonds is 1. The number of carbonyl (C=O) groups is 1. The van der Waals surface area contributed by atoms with Crippen molar-refractivity contribution in [2.75, 3.05) is 5.73 Å². The zero-order valence-corrected chi connectivity index (χ0v) is 6.24. The quantitative estimate of drug-likeness (QED) is 0.675. The van der Waals surface area contributed by atoms with E-state index in [2.05, 4.69) is 4.98 Å². The van der Waals surface area contributed by atoms with Crippen molar-refractivity contribution in [2.45, 2.75) is 0 Å². The summed E-state index contributed by atoms with van der Waals surface area (Å²) in [6, 6.07) is 0. The van der Waals surface area contributed by atoms with E-state index in [9.17, 15) is 4.79 Å². The fourth-order valence-corrected chi connectivity index (χ4v) is 1.33. The largest absolute Gasteiger partial charge is 0.477 e. The Balaban J connectivity index is 3.15. The molecule has 1 rings (SSSR count). The number of hydrogen-bond acceptors (Lipinski definition) is 4. The van der Waals surface area contributed by atoms with Crippen molar-refractivity contribution in [3.8, 4) is 0 Å². The number of anilines is 1. The van der Waals surface area contributed by atoms with Gasteiger partial charge in [-0.25, -0.2) is 9.78 Å². The first-order valence-corrected chi connectivity index (χ1v) is 3.46. The average Bonchev–Trinajstić information content (AvgIpc) is 2.10. The Morgan fingerprint density at radius 2 is 2.40 bits per heavy atom. The van der Waals surface area contributed by atoms with Crippen LogP contribution in [0.4, 0.5) is 5.82 Å². The molecule has 54 valence electrons. The minimum atomic E-state index is -1.10. The molecule has 3 N–H and O–H groups in total. The highest BCUT2D eigenvalue weighted by atomic mass is 35.5. The number of hydrogen-bond donors (Lipinski definition) is 2. The van der Waals surface area contributed by atoms with Gasteiger partial charge in [0, 0.05) is 0 Å². The Kier molecular flexibility index (Phi) is 1.78. The number of carboxylic acid groups (broad SMARTS) is 1. The zero-order valence-electron chi connectivity index (χ0n) is 4.67. The molecule has 1 aromatic rings. The van der Waals surface area contributed by atoms with E-state index in [1.54, 1.807) is 0 Å². The number of thiazole rings is 1. The summed E-state index contributed by atoms with van der Waals surface area (Å²) in [5.74, 6) is -1.12. The fraction of sp³-hybridized carbons (Fsp3) is 0. The van der Waals surface area contributed by atoms with Gasteiger partial charge in [0.1, 0.15) is 0 Å². The monoisotopic (exact) mass is 178 g/mol. The van der Waals surface area contributed by atoms with Crippen LogP contribution in [0.15, 0.2) is 0 Å². The predicted octanol–water partition coefficient (Wildman–Crippen LogP) is 1.08. The van der Waals surface area contributed by atoms with Crippen LogP contribution < -0.4 is 5.73 Å². The third-order valence-corrected chi connectivity index (χ3v) is 1.99. The Morgan fingerprint density at radius 3 is 2.60 bits per heavy atom. The molecule has 1 aromatic heterocycles. The molecule has 0 fully saturated rings. The van der Waals surface area contributed by atoms with E-state index in [1.807, 2.05) is 0 Å². The maximum atomic E-state index is 10.3. The molecule has 0 atom stereocenters. The molecular weight excluding hydrogens is 176 g/mol. The van der Waals surface area contributed by atoms with Crippen molar-refractivity contribution in [2.24, 2.45) is 0 Å². The summed E-state index contributed by atoms with van der Waals surface area (Å²) in [5, 5.41) is 8.41. The molecule has 10 heavy (non-hydrogen) atoms. The van der Waals surface area contributed by atoms with Crippen LogP contribution in [0.1, 0.15) is 9.67 Å². The molecule has 0 amide bonds. The average molecular weight is 179 g/mol. The molecule has 0 radical (unpaired) electrons. The van der Waals surface area contributed by atoms with Crippen LogP contribution >= 0.6 is 22.9 Å². The molecule has 0 aromatic carbocycles. The lowest BCUT2D eigenvalue weighted by Crippen LogP contribution is -1.97. The van der Waals surface area contributed by atoms with E-state index in [1.165, 1.54) is 0 Å². The standard InChI is InChI=1S/C4H3ClN2O2S/c5-4-7-2(6)1(10-4)3(8)9/h6H2,(H,8,9). The van der Waals surface area contributed by atoms with Crippen LogP contribution in [0, 0.1) is 0 Å². The Morgan fingerprint density at radius 1 is 1.80 bits per heavy atom. The summed E-state index contributed by atoms with van der Waals surface area (Å²) < 4.78 is 0.148. The lowest BCUT2D eigenvalue weighted by molar-refractivity contribution is 0.0703. The number of aromatic carboxylic acids is 1. The molecule has 0 saturated carbocycles. The highest BCUT2D eigenvalue weighted by Gasteiger charge is 2.12. The van der Waals surface area contributed by atoms with Gasteiger partial charge < -0.3 is 10.8 Å². The Hall–Kier alpha value is -0.810. The fourth-order valence-electron chi connectivity index (χ4n) is 0.458. The van der Waals surface area contributed by atoms with Gasteiger partial charge in [-0.3, -0.25) is 0 Å². The molecule has 0 spiro atoms. The van der Waals surface area contributed by atoms with Crippen LogP contribution in [0.25, 0.3) is 0 Å². The second-order valence-electron chi connectivity index (χ2n) is 1.49. The highest BCUT2D eigenvalue weighted by Crippen LogP contribution is 2.23. The number of nitrogens with two attached hydrogens (primary N) is 1. The van der Waals surface area contributed by atoms with Crippen LogP contribution in [0.2, 0.25) is 4.47 Å². The first-order chi connectivity index (χ1) is 4.61. The summed E-state index contributed by atoms with van der Waals surface area (Å²) in [4.78, 5) is 13.8. The van der Waals surface area contributed by atoms with Gasteiger partial charge in [0.2, 0.25) is 0 Å². The lowest BCUT2D eigenvalue weighted by atomic mass is 10.5. The molecule has 1 heterocycles. The van der Waals surface area contributed by atoms with E-state index >= 15 is 0 Å². The molecule has 0 saturated heterocycles. The summed E-state index contributed by atoms with van der Waals surface area (Å²) >= 11 is 6.23. The molecule has 6 heteroatoms. The highest BCUT2D eigenvalue weighted by molar-refractivity contribution is 7.17. The van der Waals surface area contributed by atoms with Crippen LogP contribution in [-0.2, 0) is 0 Å². The zero-order chi connectivity index (χ0) is 7.72. The van der Waals surface area contributed by atoms with Crippen molar-refractivity contribution in [3.05, 3.63) is 9.34 Å². The third-order valence-electron chi connectivity index (χ3n) is 0.822. The third kappa shape index (κ3) is 1.19. The molecule has 0 aliphatic carbocycles. The normalized spacial score (nSPS) is 9.70. The van der Waals surface area contributed by atoms with Gasteiger partial charge in [0.25, 0.3) is 0 Å². The molecule has 0 bridgehead atoms. The van der Waals surface area contributed by atoms with Gasteiger partial charge in [-0.2, -0.15) is 0 Å².